The summed E-state index contributed by atoms with van der Waals surface area (Å²) in [6, 6.07) is 5.57. The molecule has 1 atom stereocenters. The fraction of sp³-hybridized carbons (Fsp3) is 0.294. The minimum Gasteiger partial charge on any atom is -0.387 e. The summed E-state index contributed by atoms with van der Waals surface area (Å²) >= 11 is 0. The molecule has 0 spiro atoms. The summed E-state index contributed by atoms with van der Waals surface area (Å²) in [5, 5.41) is 10.8. The van der Waals surface area contributed by atoms with Crippen LogP contribution >= 0.6 is 0 Å². The minimum absolute atomic E-state index is 0.0319. The van der Waals surface area contributed by atoms with Crippen LogP contribution in [0.1, 0.15) is 29.8 Å². The number of hydrogen-bond donors (Lipinski definition) is 3. The van der Waals surface area contributed by atoms with Crippen LogP contribution in [-0.2, 0) is 0 Å². The zero-order valence-electron chi connectivity index (χ0n) is 13.4. The van der Waals surface area contributed by atoms with E-state index in [9.17, 15) is 18.0 Å². The topological polar surface area (TPSA) is 79.0 Å². The number of primary amides is 1. The van der Waals surface area contributed by atoms with Crippen molar-refractivity contribution in [3.8, 4) is 0 Å². The zero-order valence-corrected chi connectivity index (χ0v) is 13.4. The first-order valence-corrected chi connectivity index (χ1v) is 7.46. The monoisotopic (exact) mass is 339 g/mol. The van der Waals surface area contributed by atoms with E-state index in [1.807, 2.05) is 13.8 Å². The van der Waals surface area contributed by atoms with E-state index in [1.165, 1.54) is 42.6 Å². The van der Waals surface area contributed by atoms with E-state index in [2.05, 4.69) is 5.32 Å². The smallest absolute Gasteiger partial charge is 0.387 e. The molecule has 0 saturated carbocycles. The van der Waals surface area contributed by atoms with Crippen molar-refractivity contribution in [1.29, 1.82) is 5.41 Å². The molecule has 1 aromatic carbocycles. The number of carbonyl (C=O) groups excluding carboxylic acids is 1. The molecule has 1 aromatic rings. The van der Waals surface area contributed by atoms with Gasteiger partial charge in [0, 0.05) is 17.7 Å². The highest BCUT2D eigenvalue weighted by Crippen LogP contribution is 2.36. The fourth-order valence-electron chi connectivity index (χ4n) is 2.29. The number of nitrogens with one attached hydrogen (secondary N) is 2. The number of halogens is 3. The maximum absolute atomic E-state index is 13.4. The molecule has 4 N–H and O–H groups in total. The molecule has 130 valence electrons. The van der Waals surface area contributed by atoms with Crippen LogP contribution in [0.2, 0.25) is 0 Å². The van der Waals surface area contributed by atoms with Crippen molar-refractivity contribution >= 4 is 11.6 Å². The summed E-state index contributed by atoms with van der Waals surface area (Å²) in [4.78, 5) is 11.4. The quantitative estimate of drug-likeness (QED) is 0.735. The van der Waals surface area contributed by atoms with E-state index >= 15 is 0 Å². The lowest BCUT2D eigenvalue weighted by molar-refractivity contribution is -0.145. The van der Waals surface area contributed by atoms with Gasteiger partial charge in [-0.2, -0.15) is 13.2 Å². The first-order chi connectivity index (χ1) is 11.3. The number of alkyl halides is 3. The Kier molecular flexibility index (Phi) is 6.76. The molecular weight excluding hydrogens is 319 g/mol. The van der Waals surface area contributed by atoms with Gasteiger partial charge in [0.15, 0.2) is 0 Å². The zero-order chi connectivity index (χ0) is 18.3. The van der Waals surface area contributed by atoms with Crippen molar-refractivity contribution in [2.24, 2.45) is 11.7 Å². The van der Waals surface area contributed by atoms with Gasteiger partial charge >= 0.3 is 6.18 Å². The predicted molar refractivity (Wildman–Crippen MR) is 87.9 cm³/mol. The molecule has 1 unspecified atom stereocenters. The van der Waals surface area contributed by atoms with E-state index in [-0.39, 0.29) is 23.2 Å². The highest BCUT2D eigenvalue weighted by atomic mass is 19.4. The highest BCUT2D eigenvalue weighted by molar-refractivity contribution is 6.10. The molecule has 0 saturated heterocycles. The molecule has 0 bridgehead atoms. The molecule has 4 nitrogen and oxygen atoms in total. The minimum atomic E-state index is -4.64. The van der Waals surface area contributed by atoms with Gasteiger partial charge in [-0.05, 0) is 23.9 Å². The molecular formula is C17H20F3N3O. The Morgan fingerprint density at radius 1 is 1.25 bits per heavy atom. The van der Waals surface area contributed by atoms with Crippen LogP contribution in [0.25, 0.3) is 0 Å². The molecule has 1 amide bonds. The van der Waals surface area contributed by atoms with Crippen LogP contribution in [0.4, 0.5) is 13.2 Å². The first kappa shape index (κ1) is 19.5. The Bertz CT molecular complexity index is 663. The average Bonchev–Trinajstić information content (AvgIpc) is 2.56. The number of rotatable bonds is 4. The van der Waals surface area contributed by atoms with Crippen LogP contribution in [0, 0.1) is 11.3 Å². The first-order valence-electron chi connectivity index (χ1n) is 7.46. The van der Waals surface area contributed by atoms with Gasteiger partial charge in [-0.15, -0.1) is 0 Å². The van der Waals surface area contributed by atoms with Gasteiger partial charge in [0.2, 0.25) is 5.91 Å². The Hall–Kier alpha value is -2.57. The third-order valence-electron chi connectivity index (χ3n) is 3.28. The van der Waals surface area contributed by atoms with Crippen LogP contribution < -0.4 is 11.1 Å². The number of hydrogen-bond acceptors (Lipinski definition) is 3. The van der Waals surface area contributed by atoms with Gasteiger partial charge < -0.3 is 16.5 Å². The van der Waals surface area contributed by atoms with Crippen molar-refractivity contribution in [3.05, 3.63) is 59.3 Å². The van der Waals surface area contributed by atoms with Gasteiger partial charge in [0.25, 0.3) is 0 Å². The maximum Gasteiger partial charge on any atom is 0.401 e. The van der Waals surface area contributed by atoms with Crippen LogP contribution in [0.15, 0.2) is 48.2 Å². The molecule has 2 rings (SSSR count). The molecule has 0 fully saturated rings. The molecule has 1 aliphatic heterocycles. The Balaban J connectivity index is 0.00000139. The highest BCUT2D eigenvalue weighted by Gasteiger charge is 2.45. The van der Waals surface area contributed by atoms with Gasteiger partial charge in [-0.25, -0.2) is 0 Å². The number of carbonyl (C=O) groups is 1. The largest absolute Gasteiger partial charge is 0.401 e. The normalized spacial score (nSPS) is 14.6. The number of nitrogens with two attached hydrogens (primary N) is 1. The third-order valence-corrected chi connectivity index (χ3v) is 3.28. The van der Waals surface area contributed by atoms with Crippen LogP contribution in [0.5, 0.6) is 0 Å². The summed E-state index contributed by atoms with van der Waals surface area (Å²) in [5.41, 5.74) is 4.25. The fourth-order valence-corrected chi connectivity index (χ4v) is 2.29. The number of dihydropyridines is 1. The number of allylic oxidation sites excluding steroid dienone is 2. The Morgan fingerprint density at radius 3 is 2.29 bits per heavy atom. The molecule has 0 aromatic heterocycles. The average molecular weight is 339 g/mol. The Labute approximate surface area is 138 Å². The molecule has 24 heavy (non-hydrogen) atoms. The summed E-state index contributed by atoms with van der Waals surface area (Å²) in [6.45, 7) is 4.25. The van der Waals surface area contributed by atoms with E-state index in [0.29, 0.717) is 0 Å². The van der Waals surface area contributed by atoms with E-state index in [1.54, 1.807) is 0 Å². The van der Waals surface area contributed by atoms with Crippen molar-refractivity contribution in [3.63, 3.8) is 0 Å². The second kappa shape index (κ2) is 8.33. The summed E-state index contributed by atoms with van der Waals surface area (Å²) in [5.74, 6) is -2.97. The van der Waals surface area contributed by atoms with Crippen LogP contribution in [-0.4, -0.2) is 24.3 Å². The van der Waals surface area contributed by atoms with E-state index in [4.69, 9.17) is 11.1 Å². The van der Waals surface area contributed by atoms with E-state index < -0.39 is 23.7 Å². The second-order valence-electron chi connectivity index (χ2n) is 4.74. The number of benzene rings is 1. The van der Waals surface area contributed by atoms with Gasteiger partial charge in [-0.3, -0.25) is 4.79 Å². The van der Waals surface area contributed by atoms with Crippen molar-refractivity contribution in [2.75, 3.05) is 6.54 Å². The summed E-state index contributed by atoms with van der Waals surface area (Å²) in [6.07, 6.45) is -0.584. The third kappa shape index (κ3) is 4.47. The molecule has 1 aliphatic rings. The van der Waals surface area contributed by atoms with Crippen molar-refractivity contribution < 1.29 is 18.0 Å². The summed E-state index contributed by atoms with van der Waals surface area (Å²) in [7, 11) is 0. The Morgan fingerprint density at radius 2 is 1.83 bits per heavy atom. The van der Waals surface area contributed by atoms with Gasteiger partial charge in [0.1, 0.15) is 5.92 Å². The summed E-state index contributed by atoms with van der Waals surface area (Å²) < 4.78 is 40.3. The SMILES string of the molecule is CC.N=C(c1ccccc1C(N)=O)C(C1=CCNC=C1)C(F)(F)F. The van der Waals surface area contributed by atoms with Crippen molar-refractivity contribution in [1.82, 2.24) is 5.32 Å². The van der Waals surface area contributed by atoms with Crippen LogP contribution in [0.3, 0.4) is 0 Å². The predicted octanol–water partition coefficient (Wildman–Crippen LogP) is 3.40. The lowest BCUT2D eigenvalue weighted by Gasteiger charge is -2.25. The molecule has 7 heteroatoms. The lowest BCUT2D eigenvalue weighted by atomic mass is 9.86. The molecule has 0 aliphatic carbocycles. The van der Waals surface area contributed by atoms with E-state index in [0.717, 1.165) is 0 Å². The maximum atomic E-state index is 13.4. The second-order valence-corrected chi connectivity index (χ2v) is 4.74. The van der Waals surface area contributed by atoms with Gasteiger partial charge in [-0.1, -0.05) is 38.1 Å². The molecule has 1 heterocycles. The standard InChI is InChI=1S/C15H14F3N3O.C2H6/c16-15(17,18)12(9-5-7-21-8-6-9)13(19)10-3-1-2-4-11(10)14(20)22;1-2/h1-7,12,19,21H,8H2,(H2,20,22);1-2H3. The van der Waals surface area contributed by atoms with Gasteiger partial charge in [0.05, 0.1) is 5.71 Å². The number of amides is 1. The lowest BCUT2D eigenvalue weighted by Crippen LogP contribution is -2.34. The van der Waals surface area contributed by atoms with Crippen molar-refractivity contribution in [2.45, 2.75) is 20.0 Å². The molecule has 0 radical (unpaired) electrons.